The van der Waals surface area contributed by atoms with Gasteiger partial charge in [-0.05, 0) is 79.4 Å². The molecule has 5 aromatic rings. The number of hydrogen-bond acceptors (Lipinski definition) is 11. The van der Waals surface area contributed by atoms with Crippen LogP contribution in [0.15, 0.2) is 76.2 Å². The van der Waals surface area contributed by atoms with Gasteiger partial charge in [-0.15, -0.1) is 22.7 Å². The number of carbonyl (C=O) groups excluding carboxylic acids is 2. The zero-order valence-electron chi connectivity index (χ0n) is 29.6. The molecule has 0 radical (unpaired) electrons. The normalized spacial score (nSPS) is 16.3. The number of aromatic nitrogens is 1. The molecule has 6 rings (SSSR count). The molecule has 296 valence electrons. The monoisotopic (exact) mass is 806 g/mol. The number of hydrogen-bond donors (Lipinski definition) is 6. The van der Waals surface area contributed by atoms with Gasteiger partial charge in [0.2, 0.25) is 17.1 Å². The number of phenolic OH excluding ortho intramolecular Hbond substituents is 1. The molecule has 1 aliphatic carbocycles. The molecule has 11 nitrogen and oxygen atoms in total. The number of nitrogens with zero attached hydrogens (tertiary/aromatic N) is 1. The van der Waals surface area contributed by atoms with Gasteiger partial charge in [-0.25, -0.2) is 13.6 Å². The van der Waals surface area contributed by atoms with Crippen molar-refractivity contribution in [1.29, 1.82) is 0 Å². The maximum atomic E-state index is 15.0. The molecule has 1 saturated carbocycles. The Morgan fingerprint density at radius 3 is 2.31 bits per heavy atom. The number of esters is 1. The fourth-order valence-corrected chi connectivity index (χ4v) is 8.34. The van der Waals surface area contributed by atoms with Gasteiger partial charge in [0.05, 0.1) is 27.1 Å². The number of aromatic hydroxyl groups is 1. The average Bonchev–Trinajstić information content (AvgIpc) is 3.89. The second-order valence-corrected chi connectivity index (χ2v) is 15.0. The minimum atomic E-state index is -1.86. The largest absolute Gasteiger partial charge is 0.506 e. The van der Waals surface area contributed by atoms with Gasteiger partial charge in [-0.3, -0.25) is 19.0 Å². The molecule has 17 heteroatoms. The van der Waals surface area contributed by atoms with Gasteiger partial charge >= 0.3 is 5.97 Å². The summed E-state index contributed by atoms with van der Waals surface area (Å²) in [5, 5.41) is 41.7. The number of thiophene rings is 2. The fourth-order valence-electron chi connectivity index (χ4n) is 6.63. The predicted molar refractivity (Wildman–Crippen MR) is 204 cm³/mol. The maximum absolute atomic E-state index is 15.0. The van der Waals surface area contributed by atoms with Gasteiger partial charge in [0.25, 0.3) is 0 Å². The van der Waals surface area contributed by atoms with Crippen LogP contribution in [0.2, 0.25) is 0 Å². The number of ether oxygens (including phenoxy) is 1. The number of pyridine rings is 1. The van der Waals surface area contributed by atoms with E-state index in [1.165, 1.54) is 46.9 Å². The van der Waals surface area contributed by atoms with Gasteiger partial charge in [0.15, 0.2) is 0 Å². The Labute approximate surface area is 321 Å². The Morgan fingerprint density at radius 2 is 1.67 bits per heavy atom. The summed E-state index contributed by atoms with van der Waals surface area (Å²) in [6.45, 7) is 0.225. The minimum Gasteiger partial charge on any atom is -0.506 e. The van der Waals surface area contributed by atoms with Crippen molar-refractivity contribution in [3.05, 3.63) is 114 Å². The lowest BCUT2D eigenvalue weighted by molar-refractivity contribution is -0.169. The summed E-state index contributed by atoms with van der Waals surface area (Å²) >= 11 is 2.58. The SMILES string of the molecule is CN(CCC(=O)Nc1cc(F)c(CNC[C@H](O)c2ccc(O)c3[nH]c(=O)ccc23)cc1F)C1CCC(OC(=O)C(O)(c2cccs2)c2cccs2)CC1.F.F. The van der Waals surface area contributed by atoms with Crippen molar-refractivity contribution in [2.24, 2.45) is 0 Å². The van der Waals surface area contributed by atoms with E-state index in [1.54, 1.807) is 35.0 Å². The first-order chi connectivity index (χ1) is 25.4. The Morgan fingerprint density at radius 1 is 1.00 bits per heavy atom. The highest BCUT2D eigenvalue weighted by Crippen LogP contribution is 2.38. The Bertz CT molecular complexity index is 2080. The number of halogens is 4. The van der Waals surface area contributed by atoms with Gasteiger partial charge in [-0.2, -0.15) is 0 Å². The smallest absolute Gasteiger partial charge is 0.349 e. The molecule has 1 amide bonds. The summed E-state index contributed by atoms with van der Waals surface area (Å²) in [6, 6.07) is 14.7. The molecule has 0 bridgehead atoms. The number of amides is 1. The van der Waals surface area contributed by atoms with E-state index in [2.05, 4.69) is 15.6 Å². The van der Waals surface area contributed by atoms with Crippen molar-refractivity contribution in [1.82, 2.24) is 15.2 Å². The highest BCUT2D eigenvalue weighted by atomic mass is 32.1. The van der Waals surface area contributed by atoms with Crippen LogP contribution in [0.3, 0.4) is 0 Å². The molecule has 3 heterocycles. The molecule has 55 heavy (non-hydrogen) atoms. The molecular weight excluding hydrogens is 765 g/mol. The molecular formula is C38H42F4N4O7S2. The number of rotatable bonds is 14. The van der Waals surface area contributed by atoms with Crippen molar-refractivity contribution in [3.63, 3.8) is 0 Å². The second-order valence-electron chi connectivity index (χ2n) is 13.1. The number of nitrogens with one attached hydrogen (secondary N) is 3. The summed E-state index contributed by atoms with van der Waals surface area (Å²) in [4.78, 5) is 43.3. The fraction of sp³-hybridized carbons (Fsp3) is 0.342. The standard InChI is InChI=1S/C38H40F2N4O7S2.2FH/c1-44(23-6-8-24(9-7-23)51-37(49)38(50,32-4-2-16-52-32)33-5-3-17-53-33)15-14-35(48)42-29-19-27(39)22(18-28(29)40)20-41-21-31(46)25-10-12-30(45)36-26(25)11-13-34(47)43-36;;/h2-5,10-13,16-19,23-24,31,41,45-46,50H,6-9,14-15,20-21H2,1H3,(H,42,48)(H,43,47);2*1H/t23?,24?,31-;;/m0../s1. The lowest BCUT2D eigenvalue weighted by Gasteiger charge is -2.35. The van der Waals surface area contributed by atoms with Crippen LogP contribution in [-0.2, 0) is 26.5 Å². The lowest BCUT2D eigenvalue weighted by atomic mass is 9.91. The Hall–Kier alpha value is -4.65. The van der Waals surface area contributed by atoms with E-state index in [1.807, 2.05) is 11.9 Å². The van der Waals surface area contributed by atoms with Crippen LogP contribution in [0.1, 0.15) is 59.1 Å². The number of phenols is 1. The third-order valence-corrected chi connectivity index (χ3v) is 11.6. The number of aliphatic hydroxyl groups excluding tert-OH is 1. The minimum absolute atomic E-state index is 0. The predicted octanol–water partition coefficient (Wildman–Crippen LogP) is 5.81. The lowest BCUT2D eigenvalue weighted by Crippen LogP contribution is -2.42. The van der Waals surface area contributed by atoms with Crippen LogP contribution in [-0.4, -0.2) is 69.4 Å². The number of fused-ring (bicyclic) bond motifs is 1. The van der Waals surface area contributed by atoms with Crippen LogP contribution >= 0.6 is 22.7 Å². The molecule has 2 aromatic carbocycles. The van der Waals surface area contributed by atoms with E-state index in [9.17, 15) is 38.5 Å². The Balaban J connectivity index is 0.00000336. The molecule has 0 unspecified atom stereocenters. The van der Waals surface area contributed by atoms with Gasteiger partial charge in [0.1, 0.15) is 23.5 Å². The topological polar surface area (TPSA) is 164 Å². The Kier molecular flexibility index (Phi) is 14.7. The number of anilines is 1. The zero-order chi connectivity index (χ0) is 37.7. The number of aromatic amines is 1. The van der Waals surface area contributed by atoms with Crippen LogP contribution in [0.25, 0.3) is 10.9 Å². The molecule has 1 atom stereocenters. The third-order valence-electron chi connectivity index (χ3n) is 9.61. The summed E-state index contributed by atoms with van der Waals surface area (Å²) in [7, 11) is 1.89. The van der Waals surface area contributed by atoms with Crippen molar-refractivity contribution in [3.8, 4) is 5.75 Å². The first kappa shape index (κ1) is 43.1. The van der Waals surface area contributed by atoms with Crippen molar-refractivity contribution < 1.29 is 47.8 Å². The first-order valence-electron chi connectivity index (χ1n) is 17.2. The number of benzene rings is 2. The van der Waals surface area contributed by atoms with Crippen molar-refractivity contribution in [2.45, 2.75) is 62.5 Å². The number of aliphatic hydroxyl groups is 2. The van der Waals surface area contributed by atoms with Crippen LogP contribution < -0.4 is 16.2 Å². The molecule has 0 saturated heterocycles. The van der Waals surface area contributed by atoms with Gasteiger partial charge < -0.3 is 40.6 Å². The molecule has 1 aliphatic rings. The van der Waals surface area contributed by atoms with Crippen LogP contribution in [0.4, 0.5) is 23.9 Å². The van der Waals surface area contributed by atoms with Crippen molar-refractivity contribution in [2.75, 3.05) is 25.5 Å². The second kappa shape index (κ2) is 18.8. The van der Waals surface area contributed by atoms with E-state index >= 15 is 0 Å². The van der Waals surface area contributed by atoms with Crippen LogP contribution in [0, 0.1) is 11.6 Å². The summed E-state index contributed by atoms with van der Waals surface area (Å²) < 4.78 is 35.8. The van der Waals surface area contributed by atoms with Gasteiger partial charge in [-0.1, -0.05) is 18.2 Å². The van der Waals surface area contributed by atoms with Gasteiger partial charge in [0, 0.05) is 55.2 Å². The highest BCUT2D eigenvalue weighted by molar-refractivity contribution is 7.12. The molecule has 1 fully saturated rings. The van der Waals surface area contributed by atoms with E-state index < -0.39 is 40.8 Å². The third kappa shape index (κ3) is 9.78. The van der Waals surface area contributed by atoms with Crippen molar-refractivity contribution >= 4 is 51.1 Å². The number of carbonyl (C=O) groups is 2. The zero-order valence-corrected chi connectivity index (χ0v) is 31.3. The molecule has 0 spiro atoms. The molecule has 3 aromatic heterocycles. The summed E-state index contributed by atoms with van der Waals surface area (Å²) in [5.74, 6) is -2.86. The quantitative estimate of drug-likeness (QED) is 0.0600. The molecule has 0 aliphatic heterocycles. The van der Waals surface area contributed by atoms with E-state index in [0.717, 1.165) is 12.1 Å². The number of H-pyrrole nitrogens is 1. The summed E-state index contributed by atoms with van der Waals surface area (Å²) in [5.41, 5.74) is -1.94. The maximum Gasteiger partial charge on any atom is 0.349 e. The average molecular weight is 807 g/mol. The van der Waals surface area contributed by atoms with E-state index in [0.29, 0.717) is 52.9 Å². The summed E-state index contributed by atoms with van der Waals surface area (Å²) in [6.07, 6.45) is 1.23. The molecule has 6 N–H and O–H groups in total. The highest BCUT2D eigenvalue weighted by Gasteiger charge is 2.45. The first-order valence-corrected chi connectivity index (χ1v) is 18.9. The van der Waals surface area contributed by atoms with E-state index in [-0.39, 0.29) is 63.6 Å². The van der Waals surface area contributed by atoms with E-state index in [4.69, 9.17) is 4.74 Å². The van der Waals surface area contributed by atoms with Crippen LogP contribution in [0.5, 0.6) is 5.75 Å².